The summed E-state index contributed by atoms with van der Waals surface area (Å²) in [4.78, 5) is 30.4. The maximum atomic E-state index is 14.3. The maximum Gasteiger partial charge on any atom is 0.323 e. The van der Waals surface area contributed by atoms with Crippen molar-refractivity contribution in [3.63, 3.8) is 0 Å². The Hall–Kier alpha value is -3.45. The molecule has 2 aliphatic heterocycles. The van der Waals surface area contributed by atoms with E-state index < -0.39 is 4.87 Å². The largest absolute Gasteiger partial charge is 0.497 e. The molecule has 7 heteroatoms. The number of anilines is 2. The summed E-state index contributed by atoms with van der Waals surface area (Å²) in [5.41, 5.74) is 4.58. The van der Waals surface area contributed by atoms with Gasteiger partial charge in [-0.2, -0.15) is 0 Å². The van der Waals surface area contributed by atoms with Crippen molar-refractivity contribution in [2.24, 2.45) is 0 Å². The molecular formula is C28H29N3O3S. The van der Waals surface area contributed by atoms with Crippen molar-refractivity contribution in [1.82, 2.24) is 4.90 Å². The zero-order chi connectivity index (χ0) is 24.8. The van der Waals surface area contributed by atoms with Crippen LogP contribution in [-0.4, -0.2) is 35.2 Å². The number of ether oxygens (including phenoxy) is 1. The van der Waals surface area contributed by atoms with Gasteiger partial charge < -0.3 is 15.0 Å². The molecule has 2 heterocycles. The molecule has 180 valence electrons. The highest BCUT2D eigenvalue weighted by Crippen LogP contribution is 2.59. The van der Waals surface area contributed by atoms with Gasteiger partial charge in [-0.3, -0.25) is 9.69 Å². The molecule has 35 heavy (non-hydrogen) atoms. The molecule has 6 nitrogen and oxygen atoms in total. The topological polar surface area (TPSA) is 61.9 Å². The van der Waals surface area contributed by atoms with Gasteiger partial charge in [-0.25, -0.2) is 4.79 Å². The molecule has 5 rings (SSSR count). The highest BCUT2D eigenvalue weighted by molar-refractivity contribution is 8.02. The number of carbonyl (C=O) groups excluding carboxylic acids is 2. The molecule has 0 aliphatic carbocycles. The van der Waals surface area contributed by atoms with Crippen molar-refractivity contribution in [1.29, 1.82) is 0 Å². The first-order valence-corrected chi connectivity index (χ1v) is 12.5. The van der Waals surface area contributed by atoms with Crippen LogP contribution >= 0.6 is 11.8 Å². The summed E-state index contributed by atoms with van der Waals surface area (Å²) in [5, 5.41) is 3.00. The van der Waals surface area contributed by atoms with Gasteiger partial charge in [0.25, 0.3) is 5.91 Å². The minimum absolute atomic E-state index is 0.0811. The van der Waals surface area contributed by atoms with Crippen molar-refractivity contribution in [2.75, 3.05) is 23.9 Å². The quantitative estimate of drug-likeness (QED) is 0.508. The monoisotopic (exact) mass is 487 g/mol. The second-order valence-electron chi connectivity index (χ2n) is 9.59. The lowest BCUT2D eigenvalue weighted by atomic mass is 10.1. The number of methoxy groups -OCH3 is 1. The van der Waals surface area contributed by atoms with Crippen molar-refractivity contribution in [3.05, 3.63) is 89.5 Å². The average molecular weight is 488 g/mol. The number of fused-ring (bicyclic) bond motifs is 2. The lowest BCUT2D eigenvalue weighted by Crippen LogP contribution is -2.51. The lowest BCUT2D eigenvalue weighted by molar-refractivity contribution is -0.123. The van der Waals surface area contributed by atoms with E-state index in [2.05, 4.69) is 38.2 Å². The number of rotatable bonds is 4. The molecule has 3 aromatic carbocycles. The third-order valence-electron chi connectivity index (χ3n) is 6.61. The van der Waals surface area contributed by atoms with E-state index in [1.54, 1.807) is 48.0 Å². The van der Waals surface area contributed by atoms with Gasteiger partial charge in [0.1, 0.15) is 5.75 Å². The Morgan fingerprint density at radius 1 is 1.03 bits per heavy atom. The molecule has 2 aliphatic rings. The zero-order valence-electron chi connectivity index (χ0n) is 20.4. The zero-order valence-corrected chi connectivity index (χ0v) is 21.2. The van der Waals surface area contributed by atoms with Crippen molar-refractivity contribution < 1.29 is 14.3 Å². The SMILES string of the molecule is COc1ccc(NC(=O)N2CC(C)(C)SC23C(=O)N(Cc2ccccc2C)c2ccccc23)cc1. The third-order valence-corrected chi connectivity index (χ3v) is 8.21. The van der Waals surface area contributed by atoms with Gasteiger partial charge in [-0.1, -0.05) is 42.5 Å². The van der Waals surface area contributed by atoms with Gasteiger partial charge in [0.15, 0.2) is 4.87 Å². The fraction of sp³-hybridized carbons (Fsp3) is 0.286. The summed E-state index contributed by atoms with van der Waals surface area (Å²) < 4.78 is 4.92. The number of hydrogen-bond donors (Lipinski definition) is 1. The van der Waals surface area contributed by atoms with E-state index in [4.69, 9.17) is 4.74 Å². The van der Waals surface area contributed by atoms with Crippen LogP contribution in [0.25, 0.3) is 0 Å². The van der Waals surface area contributed by atoms with Crippen LogP contribution in [0.1, 0.15) is 30.5 Å². The summed E-state index contributed by atoms with van der Waals surface area (Å²) in [5.74, 6) is 0.631. The standard InChI is InChI=1S/C28H29N3O3S/c1-19-9-5-6-10-20(19)17-30-24-12-8-7-11-23(24)28(25(30)32)31(18-27(2,3)35-28)26(33)29-21-13-15-22(34-4)16-14-21/h5-16H,17-18H2,1-4H3,(H,29,33). The molecular weight excluding hydrogens is 458 g/mol. The van der Waals surface area contributed by atoms with Gasteiger partial charge in [0.2, 0.25) is 0 Å². The number of benzene rings is 3. The van der Waals surface area contributed by atoms with Crippen LogP contribution in [-0.2, 0) is 16.2 Å². The highest BCUT2D eigenvalue weighted by atomic mass is 32.2. The van der Waals surface area contributed by atoms with E-state index in [1.807, 2.05) is 41.3 Å². The number of nitrogens with one attached hydrogen (secondary N) is 1. The fourth-order valence-corrected chi connectivity index (χ4v) is 6.67. The first-order valence-electron chi connectivity index (χ1n) is 11.6. The second kappa shape index (κ2) is 8.64. The summed E-state index contributed by atoms with van der Waals surface area (Å²) in [6.07, 6.45) is 0. The average Bonchev–Trinajstić information content (AvgIpc) is 3.27. The maximum absolute atomic E-state index is 14.3. The van der Waals surface area contributed by atoms with Gasteiger partial charge in [0.05, 0.1) is 19.3 Å². The number of amides is 3. The van der Waals surface area contributed by atoms with E-state index in [1.165, 1.54) is 0 Å². The molecule has 3 aromatic rings. The van der Waals surface area contributed by atoms with E-state index >= 15 is 0 Å². The number of hydrogen-bond acceptors (Lipinski definition) is 4. The number of carbonyl (C=O) groups is 2. The number of urea groups is 1. The summed E-state index contributed by atoms with van der Waals surface area (Å²) in [7, 11) is 1.60. The Morgan fingerprint density at radius 2 is 1.71 bits per heavy atom. The minimum Gasteiger partial charge on any atom is -0.497 e. The molecule has 0 bridgehead atoms. The molecule has 1 N–H and O–H groups in total. The first kappa shape index (κ1) is 23.3. The van der Waals surface area contributed by atoms with Crippen molar-refractivity contribution in [2.45, 2.75) is 36.9 Å². The summed E-state index contributed by atoms with van der Waals surface area (Å²) in [6.45, 7) is 7.12. The summed E-state index contributed by atoms with van der Waals surface area (Å²) in [6, 6.07) is 22.8. The van der Waals surface area contributed by atoms with Crippen LogP contribution in [0, 0.1) is 6.92 Å². The highest BCUT2D eigenvalue weighted by Gasteiger charge is 2.63. The number of thioether (sulfide) groups is 1. The predicted molar refractivity (Wildman–Crippen MR) is 141 cm³/mol. The smallest absolute Gasteiger partial charge is 0.323 e. The number of aryl methyl sites for hydroxylation is 1. The fourth-order valence-electron chi connectivity index (χ4n) is 4.94. The van der Waals surface area contributed by atoms with Crippen LogP contribution in [0.4, 0.5) is 16.2 Å². The molecule has 1 unspecified atom stereocenters. The Balaban J connectivity index is 1.54. The third kappa shape index (κ3) is 3.93. The molecule has 1 spiro atoms. The van der Waals surface area contributed by atoms with E-state index in [-0.39, 0.29) is 16.7 Å². The van der Waals surface area contributed by atoms with Gasteiger partial charge in [-0.05, 0) is 62.2 Å². The van der Waals surface area contributed by atoms with Crippen molar-refractivity contribution >= 4 is 35.1 Å². The predicted octanol–water partition coefficient (Wildman–Crippen LogP) is 5.76. The number of nitrogens with zero attached hydrogens (tertiary/aromatic N) is 2. The Bertz CT molecular complexity index is 1290. The van der Waals surface area contributed by atoms with Gasteiger partial charge in [0, 0.05) is 22.5 Å². The van der Waals surface area contributed by atoms with Crippen LogP contribution in [0.15, 0.2) is 72.8 Å². The van der Waals surface area contributed by atoms with Gasteiger partial charge in [-0.15, -0.1) is 11.8 Å². The molecule has 1 saturated heterocycles. The number of para-hydroxylation sites is 1. The Kier molecular flexibility index (Phi) is 5.75. The van der Waals surface area contributed by atoms with E-state index in [0.717, 1.165) is 22.4 Å². The molecule has 1 atom stereocenters. The van der Waals surface area contributed by atoms with Crippen LogP contribution in [0.3, 0.4) is 0 Å². The molecule has 1 fully saturated rings. The minimum atomic E-state index is -1.13. The normalized spacial score (nSPS) is 20.3. The molecule has 0 aromatic heterocycles. The second-order valence-corrected chi connectivity index (χ2v) is 11.5. The van der Waals surface area contributed by atoms with Crippen LogP contribution in [0.2, 0.25) is 0 Å². The Labute approximate surface area is 210 Å². The summed E-state index contributed by atoms with van der Waals surface area (Å²) >= 11 is 1.55. The van der Waals surface area contributed by atoms with E-state index in [0.29, 0.717) is 24.5 Å². The molecule has 0 saturated carbocycles. The molecule has 0 radical (unpaired) electrons. The first-order chi connectivity index (χ1) is 16.7. The Morgan fingerprint density at radius 3 is 2.43 bits per heavy atom. The van der Waals surface area contributed by atoms with Crippen molar-refractivity contribution in [3.8, 4) is 5.75 Å². The van der Waals surface area contributed by atoms with E-state index in [9.17, 15) is 9.59 Å². The van der Waals surface area contributed by atoms with Crippen LogP contribution < -0.4 is 15.0 Å². The van der Waals surface area contributed by atoms with Gasteiger partial charge >= 0.3 is 6.03 Å². The molecule has 3 amide bonds. The van der Waals surface area contributed by atoms with Crippen LogP contribution in [0.5, 0.6) is 5.75 Å². The lowest BCUT2D eigenvalue weighted by Gasteiger charge is -2.33.